The fraction of sp³-hybridized carbons (Fsp3) is 0.625. The summed E-state index contributed by atoms with van der Waals surface area (Å²) in [6.07, 6.45) is -0.987. The molecular weight excluding hydrogens is 586 g/mol. The molecule has 2 rings (SSSR count). The second kappa shape index (κ2) is 13.3. The van der Waals surface area contributed by atoms with E-state index in [1.54, 1.807) is 48.5 Å². The number of ether oxygens (including phenoxy) is 3. The van der Waals surface area contributed by atoms with Gasteiger partial charge < -0.3 is 18.6 Å². The number of nitrogens with zero attached hydrogens (tertiary/aromatic N) is 1. The highest BCUT2D eigenvalue weighted by atomic mass is 28.4. The Hall–Kier alpha value is -3.38. The molecule has 244 valence electrons. The molecule has 1 saturated heterocycles. The summed E-state index contributed by atoms with van der Waals surface area (Å²) in [5, 5.41) is -0.175. The van der Waals surface area contributed by atoms with Crippen molar-refractivity contribution in [3.05, 3.63) is 35.4 Å². The number of Topliss-reactive ketones (excluding diaryl/α,β-unsaturated/α-hetero) is 1. The fourth-order valence-electron chi connectivity index (χ4n) is 4.24. The summed E-state index contributed by atoms with van der Waals surface area (Å²) in [5.41, 5.74) is -1.25. The maximum atomic E-state index is 13.5. The molecule has 0 radical (unpaired) electrons. The van der Waals surface area contributed by atoms with Crippen molar-refractivity contribution < 1.29 is 47.4 Å². The number of benzene rings is 1. The van der Waals surface area contributed by atoms with Crippen LogP contribution >= 0.6 is 0 Å². The second-order valence-electron chi connectivity index (χ2n) is 14.6. The van der Waals surface area contributed by atoms with Gasteiger partial charge in [0.2, 0.25) is 12.7 Å². The third kappa shape index (κ3) is 9.07. The maximum Gasteiger partial charge on any atom is 0.400 e. The van der Waals surface area contributed by atoms with Crippen LogP contribution < -0.4 is 0 Å². The third-order valence-electron chi connectivity index (χ3n) is 7.66. The highest BCUT2D eigenvalue weighted by molar-refractivity contribution is 6.74. The van der Waals surface area contributed by atoms with Crippen LogP contribution in [0.5, 0.6) is 0 Å². The Morgan fingerprint density at radius 3 is 2.00 bits per heavy atom. The van der Waals surface area contributed by atoms with E-state index in [2.05, 4.69) is 0 Å². The first-order chi connectivity index (χ1) is 19.9. The minimum Gasteiger partial charge on any atom is -0.456 e. The normalized spacial score (nSPS) is 18.2. The van der Waals surface area contributed by atoms with Gasteiger partial charge in [-0.2, -0.15) is 0 Å². The highest BCUT2D eigenvalue weighted by Gasteiger charge is 2.56. The largest absolute Gasteiger partial charge is 0.456 e. The fourth-order valence-corrected chi connectivity index (χ4v) is 5.67. The average Bonchev–Trinajstić information content (AvgIpc) is 2.85. The van der Waals surface area contributed by atoms with E-state index >= 15 is 0 Å². The van der Waals surface area contributed by atoms with E-state index in [9.17, 15) is 28.8 Å². The smallest absolute Gasteiger partial charge is 0.400 e. The van der Waals surface area contributed by atoms with Gasteiger partial charge in [-0.05, 0) is 78.7 Å². The molecule has 2 amide bonds. The predicted octanol–water partition coefficient (Wildman–Crippen LogP) is 5.07. The van der Waals surface area contributed by atoms with Gasteiger partial charge in [-0.3, -0.25) is 24.1 Å². The Kier molecular flexibility index (Phi) is 11.1. The number of amides is 2. The topological polar surface area (TPSA) is 143 Å². The van der Waals surface area contributed by atoms with Gasteiger partial charge >= 0.3 is 23.8 Å². The van der Waals surface area contributed by atoms with E-state index in [4.69, 9.17) is 18.6 Å². The van der Waals surface area contributed by atoms with Gasteiger partial charge in [0, 0.05) is 12.0 Å². The molecule has 11 nitrogen and oxygen atoms in total. The number of hydrogen-bond donors (Lipinski definition) is 0. The number of β-lactam (4-membered cyclic amide) rings is 1. The van der Waals surface area contributed by atoms with Gasteiger partial charge in [-0.1, -0.05) is 32.9 Å². The first kappa shape index (κ1) is 36.8. The summed E-state index contributed by atoms with van der Waals surface area (Å²) in [4.78, 5) is 77.9. The number of esters is 3. The lowest BCUT2D eigenvalue weighted by Gasteiger charge is -2.49. The van der Waals surface area contributed by atoms with Crippen LogP contribution in [0.15, 0.2) is 24.3 Å². The Morgan fingerprint density at radius 1 is 0.909 bits per heavy atom. The van der Waals surface area contributed by atoms with E-state index in [1.165, 1.54) is 24.3 Å². The molecule has 0 N–H and O–H groups in total. The first-order valence-corrected chi connectivity index (χ1v) is 17.5. The van der Waals surface area contributed by atoms with Crippen molar-refractivity contribution >= 4 is 43.8 Å². The van der Waals surface area contributed by atoms with E-state index in [-0.39, 0.29) is 22.6 Å². The van der Waals surface area contributed by atoms with Gasteiger partial charge in [0.15, 0.2) is 14.1 Å². The zero-order valence-electron chi connectivity index (χ0n) is 28.0. The lowest BCUT2D eigenvalue weighted by Crippen LogP contribution is -2.68. The second-order valence-corrected chi connectivity index (χ2v) is 19.4. The Morgan fingerprint density at radius 2 is 1.48 bits per heavy atom. The lowest BCUT2D eigenvalue weighted by molar-refractivity contribution is -0.186. The molecule has 0 aromatic heterocycles. The quantitative estimate of drug-likeness (QED) is 0.0903. The monoisotopic (exact) mass is 633 g/mol. The number of carbonyl (C=O) groups is 6. The Balaban J connectivity index is 2.32. The molecule has 1 aromatic rings. The standard InChI is InChI=1S/C32H47NO10Si/c1-19(43-44(11,12)32(8,9)10)24-22(17-23(34)20-14-13-15-21(16-20)27(37)42-31(5,6)7)33(25(24)35)26(36)28(38)40-18-41-29(39)30(2,3)4/h13-16,19,22,24H,17-18H2,1-12H3. The summed E-state index contributed by atoms with van der Waals surface area (Å²) in [7, 11) is -2.36. The van der Waals surface area contributed by atoms with E-state index in [0.717, 1.165) is 0 Å². The molecule has 0 saturated carbocycles. The summed E-state index contributed by atoms with van der Waals surface area (Å²) < 4.78 is 21.6. The molecule has 1 heterocycles. The predicted molar refractivity (Wildman–Crippen MR) is 164 cm³/mol. The number of hydrogen-bond acceptors (Lipinski definition) is 10. The number of imide groups is 1. The molecule has 0 bridgehead atoms. The average molecular weight is 634 g/mol. The van der Waals surface area contributed by atoms with Crippen molar-refractivity contribution in [3.8, 4) is 0 Å². The molecule has 3 atom stereocenters. The van der Waals surface area contributed by atoms with Crippen LogP contribution in [0.4, 0.5) is 0 Å². The summed E-state index contributed by atoms with van der Waals surface area (Å²) >= 11 is 0. The molecular formula is C32H47NO10Si. The first-order valence-electron chi connectivity index (χ1n) is 14.6. The number of ketones is 1. The summed E-state index contributed by atoms with van der Waals surface area (Å²) in [5.74, 6) is -5.96. The van der Waals surface area contributed by atoms with Crippen LogP contribution in [0.3, 0.4) is 0 Å². The van der Waals surface area contributed by atoms with E-state index < -0.39 is 79.7 Å². The van der Waals surface area contributed by atoms with E-state index in [0.29, 0.717) is 4.90 Å². The molecule has 1 aromatic carbocycles. The van der Waals surface area contributed by atoms with Crippen molar-refractivity contribution in [3.63, 3.8) is 0 Å². The number of carbonyl (C=O) groups excluding carboxylic acids is 6. The highest BCUT2D eigenvalue weighted by Crippen LogP contribution is 2.41. The Labute approximate surface area is 261 Å². The summed E-state index contributed by atoms with van der Waals surface area (Å²) in [6.45, 7) is 21.1. The molecule has 1 aliphatic heterocycles. The summed E-state index contributed by atoms with van der Waals surface area (Å²) in [6, 6.07) is 4.96. The van der Waals surface area contributed by atoms with Crippen molar-refractivity contribution in [1.82, 2.24) is 4.90 Å². The van der Waals surface area contributed by atoms with Crippen LogP contribution in [0.1, 0.15) is 96.4 Å². The van der Waals surface area contributed by atoms with Crippen LogP contribution in [0.25, 0.3) is 0 Å². The van der Waals surface area contributed by atoms with Crippen molar-refractivity contribution in [2.75, 3.05) is 6.79 Å². The van der Waals surface area contributed by atoms with Crippen LogP contribution in [0, 0.1) is 11.3 Å². The molecule has 1 fully saturated rings. The van der Waals surface area contributed by atoms with Crippen molar-refractivity contribution in [2.24, 2.45) is 11.3 Å². The molecule has 12 heteroatoms. The van der Waals surface area contributed by atoms with Crippen LogP contribution in [0.2, 0.25) is 18.1 Å². The minimum atomic E-state index is -2.36. The van der Waals surface area contributed by atoms with Crippen LogP contribution in [-0.2, 0) is 37.8 Å². The zero-order valence-corrected chi connectivity index (χ0v) is 29.0. The van der Waals surface area contributed by atoms with Crippen molar-refractivity contribution in [1.29, 1.82) is 0 Å². The molecule has 3 unspecified atom stereocenters. The SMILES string of the molecule is CC(O[Si](C)(C)C(C)(C)C)C1C(=O)N(C(=O)C(=O)OCOC(=O)C(C)(C)C)C1CC(=O)c1cccc(C(=O)OC(C)(C)C)c1. The van der Waals surface area contributed by atoms with Gasteiger partial charge in [-0.25, -0.2) is 9.59 Å². The minimum absolute atomic E-state index is 0.169. The van der Waals surface area contributed by atoms with Gasteiger partial charge in [0.05, 0.1) is 29.0 Å². The molecule has 0 aliphatic carbocycles. The number of rotatable bonds is 9. The van der Waals surface area contributed by atoms with Gasteiger partial charge in [-0.15, -0.1) is 0 Å². The Bertz CT molecular complexity index is 1300. The molecule has 44 heavy (non-hydrogen) atoms. The molecule has 1 aliphatic rings. The third-order valence-corrected chi connectivity index (χ3v) is 12.2. The number of likely N-dealkylation sites (tertiary alicyclic amines) is 1. The zero-order chi connectivity index (χ0) is 34.0. The van der Waals surface area contributed by atoms with Gasteiger partial charge in [0.1, 0.15) is 5.60 Å². The van der Waals surface area contributed by atoms with Gasteiger partial charge in [0.25, 0.3) is 0 Å². The molecule has 0 spiro atoms. The maximum absolute atomic E-state index is 13.5. The van der Waals surface area contributed by atoms with Crippen LogP contribution in [-0.4, -0.2) is 73.3 Å². The van der Waals surface area contributed by atoms with E-state index in [1.807, 2.05) is 33.9 Å². The van der Waals surface area contributed by atoms with Crippen molar-refractivity contribution in [2.45, 2.75) is 112 Å². The lowest BCUT2D eigenvalue weighted by atomic mass is 9.79.